The van der Waals surface area contributed by atoms with E-state index in [-0.39, 0.29) is 3.79 Å². The van der Waals surface area contributed by atoms with Crippen LogP contribution in [-0.4, -0.2) is 3.79 Å². The molecule has 3 heteroatoms. The first kappa shape index (κ1) is 7.53. The van der Waals surface area contributed by atoms with E-state index in [0.717, 1.165) is 0 Å². The smallest absolute Gasteiger partial charge is 0.224 e. The van der Waals surface area contributed by atoms with Crippen LogP contribution in [0.5, 0.6) is 0 Å². The molecule has 1 rings (SSSR count). The average molecular weight is 247 g/mol. The van der Waals surface area contributed by atoms with E-state index in [0.29, 0.717) is 11.3 Å². The predicted octanol–water partition coefficient (Wildman–Crippen LogP) is 1.84. The van der Waals surface area contributed by atoms with Gasteiger partial charge in [-0.3, -0.25) is 4.79 Å². The molecule has 0 heterocycles. The third kappa shape index (κ3) is 1.47. The molecule has 0 atom stereocenters. The highest BCUT2D eigenvalue weighted by Gasteiger charge is 2.02. The normalized spacial score (nSPS) is 9.30. The summed E-state index contributed by atoms with van der Waals surface area (Å²) in [5, 5.41) is 0. The quantitative estimate of drug-likeness (QED) is 0.467. The molecule has 0 aliphatic rings. The summed E-state index contributed by atoms with van der Waals surface area (Å²) in [6.45, 7) is 0. The maximum Gasteiger partial charge on any atom is 0.224 e. The van der Waals surface area contributed by atoms with Gasteiger partial charge in [-0.1, -0.05) is 12.1 Å². The summed E-state index contributed by atoms with van der Waals surface area (Å²) in [6, 6.07) is 7.02. The summed E-state index contributed by atoms with van der Waals surface area (Å²) in [4.78, 5) is 10.8. The molecule has 0 unspecified atom stereocenters. The second-order valence-electron chi connectivity index (χ2n) is 1.86. The fourth-order valence-corrected chi connectivity index (χ4v) is 1.17. The molecule has 52 valence electrons. The van der Waals surface area contributed by atoms with Gasteiger partial charge in [0.15, 0.2) is 0 Å². The van der Waals surface area contributed by atoms with Crippen LogP contribution in [0.15, 0.2) is 24.3 Å². The number of carbonyl (C=O) groups excluding carboxylic acids is 1. The van der Waals surface area contributed by atoms with Crippen molar-refractivity contribution in [3.63, 3.8) is 0 Å². The van der Waals surface area contributed by atoms with Crippen molar-refractivity contribution in [2.24, 2.45) is 0 Å². The molecule has 0 fully saturated rings. The third-order valence-electron chi connectivity index (χ3n) is 1.17. The van der Waals surface area contributed by atoms with Gasteiger partial charge in [-0.05, 0) is 12.1 Å². The number of rotatable bonds is 1. The van der Waals surface area contributed by atoms with Gasteiger partial charge in [0, 0.05) is 28.3 Å². The van der Waals surface area contributed by atoms with E-state index in [9.17, 15) is 4.79 Å². The lowest BCUT2D eigenvalue weighted by atomic mass is 10.2. The molecule has 0 aliphatic carbocycles. The minimum atomic E-state index is -0.0179. The van der Waals surface area contributed by atoms with Crippen molar-refractivity contribution in [1.82, 2.24) is 0 Å². The minimum absolute atomic E-state index is 0.0179. The maximum absolute atomic E-state index is 10.8. The second-order valence-corrected chi connectivity index (χ2v) is 2.84. The second kappa shape index (κ2) is 3.01. The number of nitrogens with two attached hydrogens (primary N) is 1. The Morgan fingerprint density at radius 1 is 1.40 bits per heavy atom. The van der Waals surface area contributed by atoms with Crippen molar-refractivity contribution in [1.29, 1.82) is 0 Å². The predicted molar refractivity (Wildman–Crippen MR) is 49.2 cm³/mol. The van der Waals surface area contributed by atoms with Gasteiger partial charge in [-0.25, -0.2) is 0 Å². The van der Waals surface area contributed by atoms with Crippen LogP contribution in [-0.2, 0) is 0 Å². The van der Waals surface area contributed by atoms with Gasteiger partial charge in [-0.2, -0.15) is 0 Å². The summed E-state index contributed by atoms with van der Waals surface area (Å²) in [6.07, 6.45) is 0. The molecule has 0 bridgehead atoms. The zero-order valence-corrected chi connectivity index (χ0v) is 7.33. The van der Waals surface area contributed by atoms with Crippen molar-refractivity contribution in [2.75, 3.05) is 5.73 Å². The van der Waals surface area contributed by atoms with Crippen LogP contribution in [0.3, 0.4) is 0 Å². The topological polar surface area (TPSA) is 43.1 Å². The van der Waals surface area contributed by atoms with Gasteiger partial charge < -0.3 is 5.73 Å². The van der Waals surface area contributed by atoms with E-state index < -0.39 is 0 Å². The molecule has 1 aromatic carbocycles. The molecule has 10 heavy (non-hydrogen) atoms. The number of hydrogen-bond acceptors (Lipinski definition) is 2. The molecular weight excluding hydrogens is 241 g/mol. The Hall–Kier alpha value is -0.580. The minimum Gasteiger partial charge on any atom is -0.398 e. The Morgan fingerprint density at radius 2 is 2.00 bits per heavy atom. The van der Waals surface area contributed by atoms with Gasteiger partial charge in [0.2, 0.25) is 3.79 Å². The molecule has 0 aromatic heterocycles. The van der Waals surface area contributed by atoms with Gasteiger partial charge in [-0.15, -0.1) is 0 Å². The first-order valence-electron chi connectivity index (χ1n) is 2.76. The van der Waals surface area contributed by atoms with Gasteiger partial charge in [0.25, 0.3) is 0 Å². The van der Waals surface area contributed by atoms with Gasteiger partial charge in [0.1, 0.15) is 0 Å². The monoisotopic (exact) mass is 247 g/mol. The molecule has 0 radical (unpaired) electrons. The number of halogens is 1. The Kier molecular flexibility index (Phi) is 2.26. The number of para-hydroxylation sites is 1. The molecule has 1 aromatic rings. The van der Waals surface area contributed by atoms with Crippen LogP contribution in [0.25, 0.3) is 0 Å². The van der Waals surface area contributed by atoms with E-state index in [1.807, 2.05) is 0 Å². The lowest BCUT2D eigenvalue weighted by Gasteiger charge is -1.96. The van der Waals surface area contributed by atoms with Crippen LogP contribution in [0, 0.1) is 0 Å². The number of hydrogen-bond donors (Lipinski definition) is 1. The summed E-state index contributed by atoms with van der Waals surface area (Å²) < 4.78 is -0.0179. The summed E-state index contributed by atoms with van der Waals surface area (Å²) in [7, 11) is 0. The van der Waals surface area contributed by atoms with Gasteiger partial charge >= 0.3 is 0 Å². The van der Waals surface area contributed by atoms with Crippen molar-refractivity contribution < 1.29 is 4.79 Å². The average Bonchev–Trinajstić information content (AvgIpc) is 1.88. The van der Waals surface area contributed by atoms with Crippen molar-refractivity contribution in [3.05, 3.63) is 29.8 Å². The molecular formula is C7H6INO. The first-order valence-corrected chi connectivity index (χ1v) is 3.84. The summed E-state index contributed by atoms with van der Waals surface area (Å²) in [5.41, 5.74) is 6.63. The molecule has 2 N–H and O–H groups in total. The molecule has 0 aliphatic heterocycles. The fraction of sp³-hybridized carbons (Fsp3) is 0. The van der Waals surface area contributed by atoms with Crippen LogP contribution in [0.4, 0.5) is 5.69 Å². The number of anilines is 1. The Bertz CT molecular complexity index is 260. The van der Waals surface area contributed by atoms with Crippen molar-refractivity contribution in [3.8, 4) is 0 Å². The van der Waals surface area contributed by atoms with Crippen LogP contribution < -0.4 is 5.73 Å². The van der Waals surface area contributed by atoms with E-state index >= 15 is 0 Å². The van der Waals surface area contributed by atoms with Crippen molar-refractivity contribution in [2.45, 2.75) is 0 Å². The molecule has 2 nitrogen and oxygen atoms in total. The van der Waals surface area contributed by atoms with Crippen LogP contribution in [0.2, 0.25) is 0 Å². The van der Waals surface area contributed by atoms with E-state index in [1.165, 1.54) is 0 Å². The lowest BCUT2D eigenvalue weighted by Crippen LogP contribution is -1.95. The van der Waals surface area contributed by atoms with E-state index in [4.69, 9.17) is 5.73 Å². The Balaban J connectivity index is 3.15. The molecule has 0 spiro atoms. The fourth-order valence-electron chi connectivity index (χ4n) is 0.676. The highest BCUT2D eigenvalue weighted by Crippen LogP contribution is 2.13. The standard InChI is InChI=1S/C7H6INO/c8-7(10)5-3-1-2-4-6(5)9/h1-4H,9H2. The SMILES string of the molecule is Nc1ccccc1C(=O)I. The molecule has 0 saturated carbocycles. The first-order chi connectivity index (χ1) is 4.72. The number of benzene rings is 1. The molecule has 0 saturated heterocycles. The zero-order chi connectivity index (χ0) is 7.56. The Morgan fingerprint density at radius 3 is 2.40 bits per heavy atom. The van der Waals surface area contributed by atoms with E-state index in [1.54, 1.807) is 46.9 Å². The highest BCUT2D eigenvalue weighted by atomic mass is 127. The third-order valence-corrected chi connectivity index (χ3v) is 1.75. The number of nitrogen functional groups attached to an aromatic ring is 1. The summed E-state index contributed by atoms with van der Waals surface area (Å²) >= 11 is 1.72. The molecule has 0 amide bonds. The van der Waals surface area contributed by atoms with Crippen molar-refractivity contribution >= 4 is 32.1 Å². The van der Waals surface area contributed by atoms with E-state index in [2.05, 4.69) is 0 Å². The lowest BCUT2D eigenvalue weighted by molar-refractivity contribution is 0.110. The maximum atomic E-state index is 10.8. The number of carbonyl (C=O) groups is 1. The van der Waals surface area contributed by atoms with Gasteiger partial charge in [0.05, 0.1) is 5.56 Å². The van der Waals surface area contributed by atoms with Crippen LogP contribution in [0.1, 0.15) is 10.4 Å². The zero-order valence-electron chi connectivity index (χ0n) is 5.17. The Labute approximate surface area is 72.6 Å². The summed E-state index contributed by atoms with van der Waals surface area (Å²) in [5.74, 6) is 0. The largest absolute Gasteiger partial charge is 0.398 e. The highest BCUT2D eigenvalue weighted by molar-refractivity contribution is 14.1. The van der Waals surface area contributed by atoms with Crippen LogP contribution >= 0.6 is 22.6 Å².